The molecule has 0 radical (unpaired) electrons. The molecule has 0 saturated heterocycles. The van der Waals surface area contributed by atoms with Crippen LogP contribution in [0.1, 0.15) is 29.7 Å². The van der Waals surface area contributed by atoms with E-state index in [9.17, 15) is 4.79 Å². The summed E-state index contributed by atoms with van der Waals surface area (Å²) in [4.78, 5) is 12.0. The first-order valence-electron chi connectivity index (χ1n) is 7.61. The average molecular weight is 312 g/mol. The largest absolute Gasteiger partial charge is 0.454 e. The first kappa shape index (κ1) is 15.2. The fourth-order valence-corrected chi connectivity index (χ4v) is 2.40. The molecule has 3 rings (SSSR count). The van der Waals surface area contributed by atoms with Crippen molar-refractivity contribution in [1.29, 1.82) is 0 Å². The highest BCUT2D eigenvalue weighted by Gasteiger charge is 2.16. The highest BCUT2D eigenvalue weighted by Crippen LogP contribution is 2.34. The maximum absolute atomic E-state index is 12.0. The number of carbonyl (C=O) groups is 1. The standard InChI is InChI=1S/C18H20N2O3/c1-12-3-5-14(6-4-12)10-19-18(21)20-13(2)15-7-8-16-17(9-15)23-11-22-16/h3-9,13H,10-11H2,1-2H3,(H2,19,20,21). The predicted molar refractivity (Wildman–Crippen MR) is 87.5 cm³/mol. The van der Waals surface area contributed by atoms with Crippen molar-refractivity contribution in [3.05, 3.63) is 59.2 Å². The lowest BCUT2D eigenvalue weighted by molar-refractivity contribution is 0.174. The van der Waals surface area contributed by atoms with Crippen LogP contribution in [0, 0.1) is 6.92 Å². The zero-order chi connectivity index (χ0) is 16.2. The summed E-state index contributed by atoms with van der Waals surface area (Å²) < 4.78 is 10.6. The number of ether oxygens (including phenoxy) is 2. The Bertz CT molecular complexity index is 698. The summed E-state index contributed by atoms with van der Waals surface area (Å²) in [6.07, 6.45) is 0. The monoisotopic (exact) mass is 312 g/mol. The van der Waals surface area contributed by atoms with E-state index in [1.807, 2.05) is 56.3 Å². The van der Waals surface area contributed by atoms with Crippen molar-refractivity contribution in [3.8, 4) is 11.5 Å². The van der Waals surface area contributed by atoms with Crippen LogP contribution in [0.15, 0.2) is 42.5 Å². The molecule has 2 aromatic rings. The molecule has 0 bridgehead atoms. The van der Waals surface area contributed by atoms with Crippen LogP contribution in [0.25, 0.3) is 0 Å². The summed E-state index contributed by atoms with van der Waals surface area (Å²) in [6.45, 7) is 4.72. The zero-order valence-corrected chi connectivity index (χ0v) is 13.3. The minimum absolute atomic E-state index is 0.123. The van der Waals surface area contributed by atoms with Gasteiger partial charge in [0.2, 0.25) is 6.79 Å². The summed E-state index contributed by atoms with van der Waals surface area (Å²) >= 11 is 0. The van der Waals surface area contributed by atoms with Crippen LogP contribution in [0.5, 0.6) is 11.5 Å². The third kappa shape index (κ3) is 3.74. The Morgan fingerprint density at radius 1 is 1.13 bits per heavy atom. The minimum atomic E-state index is -0.198. The number of fused-ring (bicyclic) bond motifs is 1. The van der Waals surface area contributed by atoms with Crippen molar-refractivity contribution < 1.29 is 14.3 Å². The van der Waals surface area contributed by atoms with E-state index in [-0.39, 0.29) is 18.9 Å². The number of benzene rings is 2. The third-order valence-corrected chi connectivity index (χ3v) is 3.82. The molecule has 23 heavy (non-hydrogen) atoms. The molecule has 2 aromatic carbocycles. The van der Waals surface area contributed by atoms with Gasteiger partial charge in [0.25, 0.3) is 0 Å². The molecular weight excluding hydrogens is 292 g/mol. The van der Waals surface area contributed by atoms with E-state index in [1.165, 1.54) is 5.56 Å². The molecule has 0 fully saturated rings. The molecule has 2 amide bonds. The van der Waals surface area contributed by atoms with Crippen LogP contribution in [-0.2, 0) is 6.54 Å². The van der Waals surface area contributed by atoms with Crippen molar-refractivity contribution in [1.82, 2.24) is 10.6 Å². The Kier molecular flexibility index (Phi) is 4.37. The van der Waals surface area contributed by atoms with Crippen LogP contribution in [0.2, 0.25) is 0 Å². The van der Waals surface area contributed by atoms with Gasteiger partial charge in [-0.2, -0.15) is 0 Å². The fraction of sp³-hybridized carbons (Fsp3) is 0.278. The fourth-order valence-electron chi connectivity index (χ4n) is 2.40. The lowest BCUT2D eigenvalue weighted by Crippen LogP contribution is -2.36. The number of aryl methyl sites for hydroxylation is 1. The van der Waals surface area contributed by atoms with Gasteiger partial charge in [0.1, 0.15) is 0 Å². The summed E-state index contributed by atoms with van der Waals surface area (Å²) in [6, 6.07) is 13.5. The number of amides is 2. The number of nitrogens with one attached hydrogen (secondary N) is 2. The second-order valence-corrected chi connectivity index (χ2v) is 5.65. The molecule has 1 aliphatic rings. The van der Waals surface area contributed by atoms with Gasteiger partial charge < -0.3 is 20.1 Å². The van der Waals surface area contributed by atoms with Crippen molar-refractivity contribution in [2.45, 2.75) is 26.4 Å². The van der Waals surface area contributed by atoms with Gasteiger partial charge >= 0.3 is 6.03 Å². The molecule has 0 aliphatic carbocycles. The first-order valence-corrected chi connectivity index (χ1v) is 7.61. The van der Waals surface area contributed by atoms with E-state index >= 15 is 0 Å². The van der Waals surface area contributed by atoms with Crippen LogP contribution < -0.4 is 20.1 Å². The van der Waals surface area contributed by atoms with Crippen LogP contribution >= 0.6 is 0 Å². The Morgan fingerprint density at radius 2 is 1.87 bits per heavy atom. The normalized spacial score (nSPS) is 13.5. The van der Waals surface area contributed by atoms with Crippen LogP contribution in [-0.4, -0.2) is 12.8 Å². The van der Waals surface area contributed by atoms with E-state index in [0.29, 0.717) is 6.54 Å². The molecule has 5 heteroatoms. The van der Waals surface area contributed by atoms with E-state index in [0.717, 1.165) is 22.6 Å². The Hall–Kier alpha value is -2.69. The second-order valence-electron chi connectivity index (χ2n) is 5.65. The van der Waals surface area contributed by atoms with Gasteiger partial charge in [-0.25, -0.2) is 4.79 Å². The zero-order valence-electron chi connectivity index (χ0n) is 13.3. The van der Waals surface area contributed by atoms with E-state index in [4.69, 9.17) is 9.47 Å². The second kappa shape index (κ2) is 6.60. The summed E-state index contributed by atoms with van der Waals surface area (Å²) in [5.41, 5.74) is 3.25. The molecular formula is C18H20N2O3. The number of hydrogen-bond acceptors (Lipinski definition) is 3. The lowest BCUT2D eigenvalue weighted by Gasteiger charge is -2.15. The van der Waals surface area contributed by atoms with E-state index in [1.54, 1.807) is 0 Å². The van der Waals surface area contributed by atoms with Crippen molar-refractivity contribution in [3.63, 3.8) is 0 Å². The Balaban J connectivity index is 1.54. The lowest BCUT2D eigenvalue weighted by atomic mass is 10.1. The van der Waals surface area contributed by atoms with E-state index in [2.05, 4.69) is 10.6 Å². The van der Waals surface area contributed by atoms with E-state index < -0.39 is 0 Å². The molecule has 5 nitrogen and oxygen atoms in total. The smallest absolute Gasteiger partial charge is 0.315 e. The molecule has 0 spiro atoms. The maximum atomic E-state index is 12.0. The van der Waals surface area contributed by atoms with Gasteiger partial charge in [-0.05, 0) is 37.1 Å². The van der Waals surface area contributed by atoms with Gasteiger partial charge in [-0.3, -0.25) is 0 Å². The van der Waals surface area contributed by atoms with Crippen LogP contribution in [0.3, 0.4) is 0 Å². The number of urea groups is 1. The van der Waals surface area contributed by atoms with Crippen molar-refractivity contribution >= 4 is 6.03 Å². The Labute approximate surface area is 135 Å². The number of carbonyl (C=O) groups excluding carboxylic acids is 1. The molecule has 1 unspecified atom stereocenters. The van der Waals surface area contributed by atoms with Crippen molar-refractivity contribution in [2.24, 2.45) is 0 Å². The van der Waals surface area contributed by atoms with Crippen LogP contribution in [0.4, 0.5) is 4.79 Å². The molecule has 0 saturated carbocycles. The highest BCUT2D eigenvalue weighted by atomic mass is 16.7. The summed E-state index contributed by atoms with van der Waals surface area (Å²) in [7, 11) is 0. The van der Waals surface area contributed by atoms with Gasteiger partial charge in [0, 0.05) is 6.54 Å². The summed E-state index contributed by atoms with van der Waals surface area (Å²) in [5, 5.41) is 5.79. The van der Waals surface area contributed by atoms with Gasteiger partial charge in [0.15, 0.2) is 11.5 Å². The quantitative estimate of drug-likeness (QED) is 0.911. The maximum Gasteiger partial charge on any atom is 0.315 e. The number of rotatable bonds is 4. The minimum Gasteiger partial charge on any atom is -0.454 e. The first-order chi connectivity index (χ1) is 11.1. The average Bonchev–Trinajstić information content (AvgIpc) is 3.02. The van der Waals surface area contributed by atoms with Crippen molar-refractivity contribution in [2.75, 3.05) is 6.79 Å². The molecule has 0 aromatic heterocycles. The SMILES string of the molecule is Cc1ccc(CNC(=O)NC(C)c2ccc3c(c2)OCO3)cc1. The van der Waals surface area contributed by atoms with Gasteiger partial charge in [-0.1, -0.05) is 35.9 Å². The molecule has 1 aliphatic heterocycles. The third-order valence-electron chi connectivity index (χ3n) is 3.82. The topological polar surface area (TPSA) is 59.6 Å². The number of hydrogen-bond donors (Lipinski definition) is 2. The molecule has 1 heterocycles. The predicted octanol–water partition coefficient (Wildman–Crippen LogP) is 3.28. The Morgan fingerprint density at radius 3 is 2.65 bits per heavy atom. The molecule has 1 atom stereocenters. The van der Waals surface area contributed by atoms with Gasteiger partial charge in [-0.15, -0.1) is 0 Å². The molecule has 2 N–H and O–H groups in total. The van der Waals surface area contributed by atoms with Gasteiger partial charge in [0.05, 0.1) is 6.04 Å². The molecule has 120 valence electrons. The highest BCUT2D eigenvalue weighted by molar-refractivity contribution is 5.74. The summed E-state index contributed by atoms with van der Waals surface area (Å²) in [5.74, 6) is 1.46.